The zero-order chi connectivity index (χ0) is 9.80. The number of rotatable bonds is 4. The SMILES string of the molecule is SCCOCc1cc2ccccc2s1. The van der Waals surface area contributed by atoms with Gasteiger partial charge in [-0.15, -0.1) is 11.3 Å². The van der Waals surface area contributed by atoms with Crippen LogP contribution in [0.2, 0.25) is 0 Å². The summed E-state index contributed by atoms with van der Waals surface area (Å²) in [7, 11) is 0. The second kappa shape index (κ2) is 4.82. The lowest BCUT2D eigenvalue weighted by Gasteiger charge is -1.97. The van der Waals surface area contributed by atoms with Crippen molar-refractivity contribution < 1.29 is 4.74 Å². The summed E-state index contributed by atoms with van der Waals surface area (Å²) >= 11 is 5.89. The molecular formula is C11H12OS2. The Morgan fingerprint density at radius 1 is 1.29 bits per heavy atom. The molecule has 1 nitrogen and oxygen atoms in total. The predicted octanol–water partition coefficient (Wildman–Crippen LogP) is 3.35. The maximum atomic E-state index is 5.43. The van der Waals surface area contributed by atoms with Crippen molar-refractivity contribution in [3.8, 4) is 0 Å². The number of benzene rings is 1. The number of hydrogen-bond acceptors (Lipinski definition) is 3. The molecule has 0 aliphatic carbocycles. The van der Waals surface area contributed by atoms with Crippen LogP contribution < -0.4 is 0 Å². The Hall–Kier alpha value is -0.510. The molecule has 3 heteroatoms. The van der Waals surface area contributed by atoms with Gasteiger partial charge in [-0.2, -0.15) is 12.6 Å². The van der Waals surface area contributed by atoms with E-state index in [4.69, 9.17) is 4.74 Å². The van der Waals surface area contributed by atoms with Crippen molar-refractivity contribution in [2.24, 2.45) is 0 Å². The van der Waals surface area contributed by atoms with Crippen LogP contribution >= 0.6 is 24.0 Å². The van der Waals surface area contributed by atoms with Crippen LogP contribution in [0.5, 0.6) is 0 Å². The van der Waals surface area contributed by atoms with Gasteiger partial charge >= 0.3 is 0 Å². The van der Waals surface area contributed by atoms with E-state index < -0.39 is 0 Å². The van der Waals surface area contributed by atoms with E-state index in [1.165, 1.54) is 15.0 Å². The van der Waals surface area contributed by atoms with E-state index in [2.05, 4.69) is 43.0 Å². The second-order valence-corrected chi connectivity index (χ2v) is 4.64. The van der Waals surface area contributed by atoms with Crippen LogP contribution in [0.4, 0.5) is 0 Å². The molecule has 0 aliphatic rings. The van der Waals surface area contributed by atoms with Gasteiger partial charge in [-0.1, -0.05) is 18.2 Å². The highest BCUT2D eigenvalue weighted by Crippen LogP contribution is 2.25. The highest BCUT2D eigenvalue weighted by Gasteiger charge is 2.00. The summed E-state index contributed by atoms with van der Waals surface area (Å²) in [6.45, 7) is 1.43. The van der Waals surface area contributed by atoms with Crippen molar-refractivity contribution in [2.45, 2.75) is 6.61 Å². The molecule has 2 rings (SSSR count). The van der Waals surface area contributed by atoms with Crippen molar-refractivity contribution >= 4 is 34.1 Å². The van der Waals surface area contributed by atoms with E-state index in [-0.39, 0.29) is 0 Å². The molecule has 0 N–H and O–H groups in total. The van der Waals surface area contributed by atoms with Gasteiger partial charge in [-0.05, 0) is 17.5 Å². The van der Waals surface area contributed by atoms with Crippen molar-refractivity contribution in [2.75, 3.05) is 12.4 Å². The molecule has 0 amide bonds. The lowest BCUT2D eigenvalue weighted by Crippen LogP contribution is -1.93. The molecule has 0 bridgehead atoms. The Morgan fingerprint density at radius 3 is 2.93 bits per heavy atom. The summed E-state index contributed by atoms with van der Waals surface area (Å²) in [6, 6.07) is 10.6. The summed E-state index contributed by atoms with van der Waals surface area (Å²) in [6.07, 6.45) is 0. The van der Waals surface area contributed by atoms with Crippen molar-refractivity contribution in [1.29, 1.82) is 0 Å². The van der Waals surface area contributed by atoms with Crippen molar-refractivity contribution in [1.82, 2.24) is 0 Å². The third-order valence-corrected chi connectivity index (χ3v) is 3.23. The molecule has 14 heavy (non-hydrogen) atoms. The topological polar surface area (TPSA) is 9.23 Å². The lowest BCUT2D eigenvalue weighted by atomic mass is 10.2. The highest BCUT2D eigenvalue weighted by atomic mass is 32.1. The van der Waals surface area contributed by atoms with Gasteiger partial charge in [0.2, 0.25) is 0 Å². The molecule has 0 radical (unpaired) electrons. The molecule has 1 aromatic heterocycles. The van der Waals surface area contributed by atoms with Crippen LogP contribution in [0.1, 0.15) is 4.88 Å². The number of fused-ring (bicyclic) bond motifs is 1. The maximum absolute atomic E-state index is 5.43. The van der Waals surface area contributed by atoms with Crippen LogP contribution in [-0.2, 0) is 11.3 Å². The second-order valence-electron chi connectivity index (χ2n) is 3.03. The molecular weight excluding hydrogens is 212 g/mol. The fourth-order valence-corrected chi connectivity index (χ4v) is 2.48. The molecule has 0 unspecified atom stereocenters. The van der Waals surface area contributed by atoms with Gasteiger partial charge < -0.3 is 4.74 Å². The molecule has 0 saturated carbocycles. The first kappa shape index (κ1) is 10.0. The first-order valence-electron chi connectivity index (χ1n) is 4.56. The van der Waals surface area contributed by atoms with E-state index >= 15 is 0 Å². The zero-order valence-electron chi connectivity index (χ0n) is 7.77. The van der Waals surface area contributed by atoms with Crippen LogP contribution in [0.25, 0.3) is 10.1 Å². The van der Waals surface area contributed by atoms with E-state index in [1.807, 2.05) is 0 Å². The van der Waals surface area contributed by atoms with Crippen molar-refractivity contribution in [3.63, 3.8) is 0 Å². The number of ether oxygens (including phenoxy) is 1. The van der Waals surface area contributed by atoms with Gasteiger partial charge in [0, 0.05) is 15.3 Å². The fraction of sp³-hybridized carbons (Fsp3) is 0.273. The maximum Gasteiger partial charge on any atom is 0.0810 e. The first-order valence-corrected chi connectivity index (χ1v) is 6.01. The van der Waals surface area contributed by atoms with Gasteiger partial charge in [-0.3, -0.25) is 0 Å². The average Bonchev–Trinajstić information content (AvgIpc) is 2.60. The van der Waals surface area contributed by atoms with Crippen LogP contribution in [0.15, 0.2) is 30.3 Å². The highest BCUT2D eigenvalue weighted by molar-refractivity contribution is 7.80. The molecule has 0 spiro atoms. The fourth-order valence-electron chi connectivity index (χ4n) is 1.35. The molecule has 0 saturated heterocycles. The Bertz CT molecular complexity index is 375. The Balaban J connectivity index is 2.11. The molecule has 0 fully saturated rings. The first-order chi connectivity index (χ1) is 6.90. The third kappa shape index (κ3) is 2.29. The molecule has 0 aliphatic heterocycles. The average molecular weight is 224 g/mol. The quantitative estimate of drug-likeness (QED) is 0.619. The Morgan fingerprint density at radius 2 is 2.14 bits per heavy atom. The van der Waals surface area contributed by atoms with Crippen LogP contribution in [0.3, 0.4) is 0 Å². The number of thiol groups is 1. The number of thiophene rings is 1. The van der Waals surface area contributed by atoms with Crippen LogP contribution in [0, 0.1) is 0 Å². The molecule has 1 heterocycles. The normalized spacial score (nSPS) is 10.9. The van der Waals surface area contributed by atoms with E-state index in [1.54, 1.807) is 11.3 Å². The number of hydrogen-bond donors (Lipinski definition) is 1. The molecule has 0 atom stereocenters. The summed E-state index contributed by atoms with van der Waals surface area (Å²) in [5, 5.41) is 1.31. The van der Waals surface area contributed by atoms with Gasteiger partial charge in [-0.25, -0.2) is 0 Å². The Kier molecular flexibility index (Phi) is 3.45. The summed E-state index contributed by atoms with van der Waals surface area (Å²) in [5.41, 5.74) is 0. The van der Waals surface area contributed by atoms with Gasteiger partial charge in [0.1, 0.15) is 0 Å². The van der Waals surface area contributed by atoms with E-state index in [9.17, 15) is 0 Å². The lowest BCUT2D eigenvalue weighted by molar-refractivity contribution is 0.139. The van der Waals surface area contributed by atoms with Gasteiger partial charge in [0.25, 0.3) is 0 Å². The predicted molar refractivity (Wildman–Crippen MR) is 65.3 cm³/mol. The molecule has 74 valence electrons. The van der Waals surface area contributed by atoms with Crippen molar-refractivity contribution in [3.05, 3.63) is 35.2 Å². The summed E-state index contributed by atoms with van der Waals surface area (Å²) in [4.78, 5) is 1.29. The summed E-state index contributed by atoms with van der Waals surface area (Å²) in [5.74, 6) is 0.783. The largest absolute Gasteiger partial charge is 0.375 e. The molecule has 2 aromatic rings. The minimum atomic E-state index is 0.708. The van der Waals surface area contributed by atoms with E-state index in [0.29, 0.717) is 6.61 Å². The molecule has 1 aromatic carbocycles. The van der Waals surface area contributed by atoms with Crippen LogP contribution in [-0.4, -0.2) is 12.4 Å². The van der Waals surface area contributed by atoms with Gasteiger partial charge in [0.15, 0.2) is 0 Å². The smallest absolute Gasteiger partial charge is 0.0810 e. The van der Waals surface area contributed by atoms with E-state index in [0.717, 1.165) is 12.4 Å². The minimum absolute atomic E-state index is 0.708. The summed E-state index contributed by atoms with van der Waals surface area (Å²) < 4.78 is 6.76. The zero-order valence-corrected chi connectivity index (χ0v) is 9.48. The Labute approximate surface area is 93.1 Å². The third-order valence-electron chi connectivity index (χ3n) is 1.96. The van der Waals surface area contributed by atoms with Gasteiger partial charge in [0.05, 0.1) is 13.2 Å². The monoisotopic (exact) mass is 224 g/mol. The minimum Gasteiger partial charge on any atom is -0.375 e. The standard InChI is InChI=1S/C11H12OS2/c13-6-5-12-8-10-7-9-3-1-2-4-11(9)14-10/h1-4,7,13H,5-6,8H2.